The van der Waals surface area contributed by atoms with Crippen LogP contribution < -0.4 is 5.73 Å². The van der Waals surface area contributed by atoms with Gasteiger partial charge in [0.1, 0.15) is 0 Å². The molecule has 0 aliphatic carbocycles. The Bertz CT molecular complexity index is 463. The van der Waals surface area contributed by atoms with E-state index in [9.17, 15) is 0 Å². The van der Waals surface area contributed by atoms with E-state index in [1.165, 1.54) is 15.7 Å². The molecule has 2 rings (SSSR count). The van der Waals surface area contributed by atoms with Crippen LogP contribution in [0.3, 0.4) is 0 Å². The molecular formula is C12H15NS. The molecule has 2 aromatic rings. The van der Waals surface area contributed by atoms with E-state index in [1.54, 1.807) is 0 Å². The molecule has 0 spiro atoms. The van der Waals surface area contributed by atoms with Crippen molar-refractivity contribution in [1.82, 2.24) is 0 Å². The third kappa shape index (κ3) is 1.58. The zero-order valence-corrected chi connectivity index (χ0v) is 9.38. The Balaban J connectivity index is 2.80. The Hall–Kier alpha value is -1.15. The number of nitrogen functional groups attached to an aromatic ring is 1. The molecule has 74 valence electrons. The van der Waals surface area contributed by atoms with Crippen molar-refractivity contribution in [3.63, 3.8) is 0 Å². The van der Waals surface area contributed by atoms with E-state index in [1.807, 2.05) is 6.07 Å². The maximum absolute atomic E-state index is 5.87. The molecular weight excluding hydrogens is 190 g/mol. The number of thiol groups is 1. The smallest absolute Gasteiger partial charge is 0.0331 e. The Morgan fingerprint density at radius 1 is 1.07 bits per heavy atom. The molecule has 14 heavy (non-hydrogen) atoms. The second-order valence-corrected chi connectivity index (χ2v) is 5.93. The molecule has 0 fully saturated rings. The number of nitrogens with two attached hydrogens (primary N) is 1. The minimum absolute atomic E-state index is 0.0916. The van der Waals surface area contributed by atoms with Crippen molar-refractivity contribution in [3.05, 3.63) is 36.4 Å². The highest BCUT2D eigenvalue weighted by Gasteiger charge is 2.03. The van der Waals surface area contributed by atoms with Gasteiger partial charge in [0, 0.05) is 5.69 Å². The Morgan fingerprint density at radius 2 is 1.79 bits per heavy atom. The lowest BCUT2D eigenvalue weighted by Gasteiger charge is -2.14. The molecule has 0 aromatic heterocycles. The molecule has 0 saturated carbocycles. The summed E-state index contributed by atoms with van der Waals surface area (Å²) in [6, 6.07) is 12.6. The van der Waals surface area contributed by atoms with Crippen LogP contribution in [0.25, 0.3) is 10.8 Å². The fourth-order valence-corrected chi connectivity index (χ4v) is 2.78. The third-order valence-electron chi connectivity index (χ3n) is 2.34. The monoisotopic (exact) mass is 205 g/mol. The first-order valence-electron chi connectivity index (χ1n) is 4.64. The summed E-state index contributed by atoms with van der Waals surface area (Å²) in [5, 5.41) is 2.59. The average molecular weight is 205 g/mol. The van der Waals surface area contributed by atoms with Crippen molar-refractivity contribution >= 4 is 27.4 Å². The predicted octanol–water partition coefficient (Wildman–Crippen LogP) is 3.04. The highest BCUT2D eigenvalue weighted by Crippen LogP contribution is 2.36. The number of rotatable bonds is 1. The highest BCUT2D eigenvalue weighted by atomic mass is 32.2. The molecule has 2 heteroatoms. The van der Waals surface area contributed by atoms with E-state index in [-0.39, 0.29) is 10.9 Å². The van der Waals surface area contributed by atoms with E-state index in [4.69, 9.17) is 5.73 Å². The molecule has 0 bridgehead atoms. The second-order valence-electron chi connectivity index (χ2n) is 3.66. The van der Waals surface area contributed by atoms with E-state index in [0.717, 1.165) is 5.69 Å². The van der Waals surface area contributed by atoms with Gasteiger partial charge in [-0.3, -0.25) is 0 Å². The minimum atomic E-state index is -0.0916. The maximum Gasteiger partial charge on any atom is 0.0331 e. The molecule has 0 aliphatic heterocycles. The van der Waals surface area contributed by atoms with Crippen molar-refractivity contribution in [3.8, 4) is 0 Å². The van der Waals surface area contributed by atoms with Gasteiger partial charge in [0.2, 0.25) is 0 Å². The van der Waals surface area contributed by atoms with E-state index in [0.29, 0.717) is 0 Å². The van der Waals surface area contributed by atoms with Gasteiger partial charge in [-0.2, -0.15) is 0 Å². The molecule has 2 aromatic carbocycles. The van der Waals surface area contributed by atoms with Crippen molar-refractivity contribution < 1.29 is 0 Å². The molecule has 0 saturated heterocycles. The van der Waals surface area contributed by atoms with Crippen molar-refractivity contribution in [2.75, 3.05) is 18.2 Å². The van der Waals surface area contributed by atoms with Crippen LogP contribution in [-0.4, -0.2) is 12.5 Å². The lowest BCUT2D eigenvalue weighted by molar-refractivity contribution is 1.53. The first kappa shape index (κ1) is 9.41. The van der Waals surface area contributed by atoms with Gasteiger partial charge in [-0.1, -0.05) is 24.3 Å². The van der Waals surface area contributed by atoms with Crippen LogP contribution in [-0.2, 0) is 0 Å². The van der Waals surface area contributed by atoms with Crippen LogP contribution in [0.2, 0.25) is 0 Å². The summed E-state index contributed by atoms with van der Waals surface area (Å²) < 4.78 is 0. The van der Waals surface area contributed by atoms with Gasteiger partial charge >= 0.3 is 0 Å². The lowest BCUT2D eigenvalue weighted by Crippen LogP contribution is -1.88. The summed E-state index contributed by atoms with van der Waals surface area (Å²) in [6.07, 6.45) is 4.52. The van der Waals surface area contributed by atoms with Crippen LogP contribution in [0.1, 0.15) is 0 Å². The largest absolute Gasteiger partial charge is 0.399 e. The first-order valence-corrected chi connectivity index (χ1v) is 6.87. The molecule has 0 heterocycles. The van der Waals surface area contributed by atoms with Crippen molar-refractivity contribution in [2.45, 2.75) is 4.90 Å². The van der Waals surface area contributed by atoms with Gasteiger partial charge in [-0.15, -0.1) is 0 Å². The van der Waals surface area contributed by atoms with Crippen LogP contribution in [0, 0.1) is 0 Å². The van der Waals surface area contributed by atoms with Crippen LogP contribution in [0.15, 0.2) is 41.3 Å². The average Bonchev–Trinajstić information content (AvgIpc) is 2.16. The number of fused-ring (bicyclic) bond motifs is 1. The molecule has 2 N–H and O–H groups in total. The second kappa shape index (κ2) is 3.54. The summed E-state index contributed by atoms with van der Waals surface area (Å²) in [6.45, 7) is 0. The molecule has 0 unspecified atom stereocenters. The minimum Gasteiger partial charge on any atom is -0.399 e. The fraction of sp³-hybridized carbons (Fsp3) is 0.167. The van der Waals surface area contributed by atoms with Gasteiger partial charge in [0.15, 0.2) is 0 Å². The zero-order chi connectivity index (χ0) is 10.1. The standard InChI is InChI=1S/C12H15NS/c1-14(2)12-8-10(13)7-9-5-3-4-6-11(9)12/h3-8,14H,13H2,1-2H3. The Kier molecular flexibility index (Phi) is 2.38. The highest BCUT2D eigenvalue weighted by molar-refractivity contribution is 8.16. The number of hydrogen-bond donors (Lipinski definition) is 2. The van der Waals surface area contributed by atoms with Gasteiger partial charge in [0.25, 0.3) is 0 Å². The normalized spacial score (nSPS) is 11.7. The lowest BCUT2D eigenvalue weighted by atomic mass is 10.1. The SMILES string of the molecule is C[SH](C)c1cc(N)cc2ccccc12. The van der Waals surface area contributed by atoms with Crippen LogP contribution in [0.4, 0.5) is 5.69 Å². The van der Waals surface area contributed by atoms with Crippen molar-refractivity contribution in [1.29, 1.82) is 0 Å². The van der Waals surface area contributed by atoms with Crippen LogP contribution >= 0.6 is 10.9 Å². The van der Waals surface area contributed by atoms with Gasteiger partial charge in [-0.05, 0) is 40.3 Å². The van der Waals surface area contributed by atoms with Gasteiger partial charge < -0.3 is 5.73 Å². The molecule has 0 atom stereocenters. The summed E-state index contributed by atoms with van der Waals surface area (Å²) in [5.74, 6) is 0. The zero-order valence-electron chi connectivity index (χ0n) is 8.49. The third-order valence-corrected chi connectivity index (χ3v) is 3.68. The summed E-state index contributed by atoms with van der Waals surface area (Å²) >= 11 is 0. The fourth-order valence-electron chi connectivity index (χ4n) is 1.68. The number of hydrogen-bond acceptors (Lipinski definition) is 1. The van der Waals surface area contributed by atoms with E-state index >= 15 is 0 Å². The summed E-state index contributed by atoms with van der Waals surface area (Å²) in [5.41, 5.74) is 6.74. The van der Waals surface area contributed by atoms with Gasteiger partial charge in [0.05, 0.1) is 0 Å². The van der Waals surface area contributed by atoms with E-state index in [2.05, 4.69) is 42.8 Å². The summed E-state index contributed by atoms with van der Waals surface area (Å²) in [4.78, 5) is 1.40. The van der Waals surface area contributed by atoms with Crippen LogP contribution in [0.5, 0.6) is 0 Å². The summed E-state index contributed by atoms with van der Waals surface area (Å²) in [7, 11) is -0.0916. The predicted molar refractivity (Wildman–Crippen MR) is 67.5 cm³/mol. The van der Waals surface area contributed by atoms with Crippen molar-refractivity contribution in [2.24, 2.45) is 0 Å². The molecule has 0 aliphatic rings. The Morgan fingerprint density at radius 3 is 2.50 bits per heavy atom. The molecule has 1 nitrogen and oxygen atoms in total. The quantitative estimate of drug-likeness (QED) is 0.543. The topological polar surface area (TPSA) is 26.0 Å². The number of benzene rings is 2. The Labute approximate surface area is 87.3 Å². The van der Waals surface area contributed by atoms with Gasteiger partial charge in [-0.25, -0.2) is 10.9 Å². The molecule has 0 radical (unpaired) electrons. The number of anilines is 1. The van der Waals surface area contributed by atoms with E-state index < -0.39 is 0 Å². The maximum atomic E-state index is 5.87. The first-order chi connectivity index (χ1) is 6.68. The molecule has 0 amide bonds.